The van der Waals surface area contributed by atoms with Gasteiger partial charge in [0.2, 0.25) is 0 Å². The van der Waals surface area contributed by atoms with Gasteiger partial charge in [0.15, 0.2) is 5.82 Å². The fourth-order valence-corrected chi connectivity index (χ4v) is 8.98. The molecule has 2 N–H and O–H groups in total. The molecule has 4 aromatic carbocycles. The molecule has 0 aliphatic carbocycles. The average Bonchev–Trinajstić information content (AvgIpc) is 2.13. The Morgan fingerprint density at radius 2 is 0.817 bits per heavy atom. The fourth-order valence-electron chi connectivity index (χ4n) is 8.70. The van der Waals surface area contributed by atoms with Crippen LogP contribution in [0.2, 0.25) is 0 Å². The minimum absolute atomic E-state index is 0.0215. The highest BCUT2D eigenvalue weighted by Gasteiger charge is 2.38. The molecule has 2 aromatic heterocycles. The summed E-state index contributed by atoms with van der Waals surface area (Å²) >= 11 is 0. The van der Waals surface area contributed by atoms with Gasteiger partial charge in [-0.3, -0.25) is 4.55 Å². The molecular formula is C60H84N4O17S. The van der Waals surface area contributed by atoms with Crippen LogP contribution in [0.4, 0.5) is 5.82 Å². The van der Waals surface area contributed by atoms with Crippen LogP contribution in [0.3, 0.4) is 0 Å². The van der Waals surface area contributed by atoms with Crippen molar-refractivity contribution < 1.29 is 78.7 Å². The molecule has 0 amide bonds. The lowest BCUT2D eigenvalue weighted by molar-refractivity contribution is -0.0621. The highest BCUT2D eigenvalue weighted by Crippen LogP contribution is 2.42. The van der Waals surface area contributed by atoms with Gasteiger partial charge in [0.1, 0.15) is 23.5 Å². The number of fused-ring (bicyclic) bond motifs is 3. The first kappa shape index (κ1) is 66.1. The molecule has 0 saturated heterocycles. The van der Waals surface area contributed by atoms with Gasteiger partial charge in [-0.2, -0.15) is 8.42 Å². The second-order valence-electron chi connectivity index (χ2n) is 19.0. The summed E-state index contributed by atoms with van der Waals surface area (Å²) in [5.41, 5.74) is 4.32. The molecular weight excluding hydrogens is 1080 g/mol. The maximum Gasteiger partial charge on any atom is 0.397 e. The van der Waals surface area contributed by atoms with Gasteiger partial charge in [0.05, 0.1) is 182 Å². The molecule has 22 heteroatoms. The number of benzene rings is 4. The van der Waals surface area contributed by atoms with Crippen LogP contribution in [0.15, 0.2) is 115 Å². The Morgan fingerprint density at radius 1 is 0.463 bits per heavy atom. The minimum atomic E-state index is -4.44. The van der Waals surface area contributed by atoms with E-state index in [4.69, 9.17) is 76.1 Å². The van der Waals surface area contributed by atoms with Crippen molar-refractivity contribution >= 4 is 38.2 Å². The Kier molecular flexibility index (Phi) is 30.6. The SMILES string of the molecule is CCOCc1nc2c(NC(c3ccccc3)(c3ccccc3)c3ccccc3)nc3ccccc3c2n1CC(C)(C)OCCOCCOCCOCCOCCOCCOCCOCCOCCOCCOCCOCCOS(=O)(=O)O. The lowest BCUT2D eigenvalue weighted by Crippen LogP contribution is -2.38. The summed E-state index contributed by atoms with van der Waals surface area (Å²) < 4.78 is 109. The van der Waals surface area contributed by atoms with E-state index in [1.807, 2.05) is 37.3 Å². The second kappa shape index (κ2) is 38.0. The molecule has 0 aliphatic rings. The Hall–Kier alpha value is -5.09. The van der Waals surface area contributed by atoms with Gasteiger partial charge in [0.25, 0.3) is 0 Å². The van der Waals surface area contributed by atoms with E-state index < -0.39 is 21.5 Å². The average molecular weight is 1170 g/mol. The standard InChI is InChI=1S/C60H84N4O17S/c1-4-68-48-55-62-56-57(53-22-14-15-23-54(53)61-58(56)63-60(50-16-8-5-9-17-50,51-18-10-6-11-19-51)52-20-12-7-13-21-52)64(55)49-59(2,3)80-46-44-78-42-40-76-38-36-74-34-32-72-30-28-70-26-24-69-25-27-71-29-31-73-33-35-75-37-39-77-41-43-79-45-47-81-82(65,66)67/h5-23H,4,24-49H2,1-3H3,(H,61,63)(H,65,66,67). The van der Waals surface area contributed by atoms with Crippen LogP contribution in [-0.4, -0.2) is 198 Å². The lowest BCUT2D eigenvalue weighted by atomic mass is 9.77. The summed E-state index contributed by atoms with van der Waals surface area (Å²) in [6, 6.07) is 39.8. The first-order valence-electron chi connectivity index (χ1n) is 28.0. The molecule has 0 spiro atoms. The molecule has 6 rings (SSSR count). The van der Waals surface area contributed by atoms with Gasteiger partial charge in [-0.05, 0) is 43.5 Å². The van der Waals surface area contributed by atoms with Crippen molar-refractivity contribution in [2.75, 3.05) is 170 Å². The highest BCUT2D eigenvalue weighted by atomic mass is 32.3. The molecule has 0 radical (unpaired) electrons. The summed E-state index contributed by atoms with van der Waals surface area (Å²) in [7, 11) is -4.44. The number of aromatic nitrogens is 3. The van der Waals surface area contributed by atoms with E-state index in [0.717, 1.165) is 44.5 Å². The van der Waals surface area contributed by atoms with Crippen molar-refractivity contribution in [3.63, 3.8) is 0 Å². The van der Waals surface area contributed by atoms with E-state index >= 15 is 0 Å². The molecule has 0 unspecified atom stereocenters. The van der Waals surface area contributed by atoms with Crippen molar-refractivity contribution in [3.05, 3.63) is 138 Å². The Balaban J connectivity index is 0.797. The normalized spacial score (nSPS) is 12.3. The van der Waals surface area contributed by atoms with Crippen molar-refractivity contribution in [2.24, 2.45) is 0 Å². The smallest absolute Gasteiger partial charge is 0.377 e. The van der Waals surface area contributed by atoms with E-state index in [2.05, 4.69) is 113 Å². The number of hydrogen-bond donors (Lipinski definition) is 2. The fraction of sp³-hybridized carbons (Fsp3) is 0.533. The van der Waals surface area contributed by atoms with Crippen LogP contribution in [-0.2, 0) is 94.9 Å². The third-order valence-electron chi connectivity index (χ3n) is 12.5. The van der Waals surface area contributed by atoms with Gasteiger partial charge in [0, 0.05) is 12.0 Å². The van der Waals surface area contributed by atoms with Gasteiger partial charge < -0.3 is 71.5 Å². The highest BCUT2D eigenvalue weighted by molar-refractivity contribution is 7.80. The maximum atomic E-state index is 10.4. The van der Waals surface area contributed by atoms with Crippen LogP contribution in [0.1, 0.15) is 43.3 Å². The summed E-state index contributed by atoms with van der Waals surface area (Å²) in [4.78, 5) is 10.7. The van der Waals surface area contributed by atoms with Crippen LogP contribution < -0.4 is 5.32 Å². The molecule has 0 atom stereocenters. The number of para-hydroxylation sites is 1. The predicted octanol–water partition coefficient (Wildman–Crippen LogP) is 7.32. The number of anilines is 1. The Morgan fingerprint density at radius 3 is 1.20 bits per heavy atom. The topological polar surface area (TPSA) is 226 Å². The molecule has 452 valence electrons. The van der Waals surface area contributed by atoms with Crippen LogP contribution in [0.5, 0.6) is 0 Å². The summed E-state index contributed by atoms with van der Waals surface area (Å²) in [6.07, 6.45) is 0. The van der Waals surface area contributed by atoms with E-state index in [1.54, 1.807) is 0 Å². The van der Waals surface area contributed by atoms with Gasteiger partial charge >= 0.3 is 10.4 Å². The van der Waals surface area contributed by atoms with Crippen molar-refractivity contribution in [1.82, 2.24) is 14.5 Å². The first-order valence-corrected chi connectivity index (χ1v) is 29.4. The zero-order valence-electron chi connectivity index (χ0n) is 47.8. The zero-order chi connectivity index (χ0) is 57.8. The number of ether oxygens (including phenoxy) is 13. The summed E-state index contributed by atoms with van der Waals surface area (Å²) in [5.74, 6) is 1.44. The van der Waals surface area contributed by atoms with Crippen LogP contribution in [0.25, 0.3) is 21.9 Å². The minimum Gasteiger partial charge on any atom is -0.377 e. The monoisotopic (exact) mass is 1160 g/mol. The molecule has 0 fully saturated rings. The Bertz CT molecular complexity index is 2650. The molecule has 0 bridgehead atoms. The van der Waals surface area contributed by atoms with Crippen molar-refractivity contribution in [2.45, 2.75) is 45.1 Å². The van der Waals surface area contributed by atoms with Gasteiger partial charge in [-0.1, -0.05) is 109 Å². The second-order valence-corrected chi connectivity index (χ2v) is 20.1. The molecule has 82 heavy (non-hydrogen) atoms. The van der Waals surface area contributed by atoms with Crippen LogP contribution in [0, 0.1) is 0 Å². The largest absolute Gasteiger partial charge is 0.397 e. The quantitative estimate of drug-likeness (QED) is 0.0217. The number of imidazole rings is 1. The van der Waals surface area contributed by atoms with E-state index in [1.165, 1.54) is 0 Å². The van der Waals surface area contributed by atoms with E-state index in [9.17, 15) is 8.42 Å². The van der Waals surface area contributed by atoms with E-state index in [0.29, 0.717) is 164 Å². The molecule has 21 nitrogen and oxygen atoms in total. The van der Waals surface area contributed by atoms with Crippen molar-refractivity contribution in [1.29, 1.82) is 0 Å². The van der Waals surface area contributed by atoms with Crippen molar-refractivity contribution in [3.8, 4) is 0 Å². The van der Waals surface area contributed by atoms with E-state index in [-0.39, 0.29) is 19.8 Å². The molecule has 0 saturated carbocycles. The number of nitrogens with one attached hydrogen (secondary N) is 1. The van der Waals surface area contributed by atoms with Gasteiger partial charge in [-0.15, -0.1) is 0 Å². The maximum absolute atomic E-state index is 10.4. The summed E-state index contributed by atoms with van der Waals surface area (Å²) in [5, 5.41) is 5.01. The predicted molar refractivity (Wildman–Crippen MR) is 310 cm³/mol. The third-order valence-corrected chi connectivity index (χ3v) is 12.9. The van der Waals surface area contributed by atoms with Gasteiger partial charge in [-0.25, -0.2) is 14.2 Å². The molecule has 2 heterocycles. The number of hydrogen-bond acceptors (Lipinski definition) is 19. The Labute approximate surface area is 482 Å². The number of pyridine rings is 1. The lowest BCUT2D eigenvalue weighted by Gasteiger charge is -2.37. The summed E-state index contributed by atoms with van der Waals surface area (Å²) in [6.45, 7) is 16.7. The zero-order valence-corrected chi connectivity index (χ0v) is 48.6. The first-order chi connectivity index (χ1) is 40.1. The molecule has 6 aromatic rings. The third kappa shape index (κ3) is 23.5. The number of rotatable bonds is 48. The molecule has 0 aliphatic heterocycles. The van der Waals surface area contributed by atoms with Crippen LogP contribution >= 0.6 is 0 Å². The number of nitrogens with zero attached hydrogens (tertiary/aromatic N) is 3.